The molecule has 3 nitrogen and oxygen atoms in total. The van der Waals surface area contributed by atoms with E-state index in [-0.39, 0.29) is 5.54 Å². The molecule has 4 heteroatoms. The van der Waals surface area contributed by atoms with Gasteiger partial charge >= 0.3 is 0 Å². The summed E-state index contributed by atoms with van der Waals surface area (Å²) in [4.78, 5) is 9.86. The molecule has 1 aliphatic rings. The molecule has 0 aliphatic heterocycles. The third-order valence-corrected chi connectivity index (χ3v) is 4.03. The second-order valence-electron chi connectivity index (χ2n) is 4.20. The van der Waals surface area contributed by atoms with Crippen LogP contribution in [0.4, 0.5) is 0 Å². The van der Waals surface area contributed by atoms with Crippen molar-refractivity contribution in [3.63, 3.8) is 0 Å². The first-order chi connectivity index (χ1) is 6.75. The van der Waals surface area contributed by atoms with Crippen LogP contribution in [0.25, 0.3) is 10.3 Å². The van der Waals surface area contributed by atoms with Gasteiger partial charge in [0.2, 0.25) is 0 Å². The van der Waals surface area contributed by atoms with E-state index in [0.29, 0.717) is 0 Å². The van der Waals surface area contributed by atoms with Gasteiger partial charge < -0.3 is 10.7 Å². The molecule has 0 saturated heterocycles. The third kappa shape index (κ3) is 1.44. The maximum Gasteiger partial charge on any atom is 0.141 e. The van der Waals surface area contributed by atoms with E-state index >= 15 is 0 Å². The van der Waals surface area contributed by atoms with E-state index in [0.717, 1.165) is 23.2 Å². The number of fused-ring (bicyclic) bond motifs is 1. The van der Waals surface area contributed by atoms with Crippen LogP contribution >= 0.6 is 11.3 Å². The van der Waals surface area contributed by atoms with Crippen LogP contribution in [-0.4, -0.2) is 15.5 Å². The number of aromatic nitrogens is 2. The van der Waals surface area contributed by atoms with Gasteiger partial charge in [-0.2, -0.15) is 0 Å². The molecule has 0 spiro atoms. The predicted molar refractivity (Wildman–Crippen MR) is 58.4 cm³/mol. The van der Waals surface area contributed by atoms with E-state index < -0.39 is 0 Å². The number of rotatable bonds is 3. The topological polar surface area (TPSA) is 54.7 Å². The minimum Gasteiger partial charge on any atom is -0.344 e. The van der Waals surface area contributed by atoms with Crippen LogP contribution in [0.15, 0.2) is 12.4 Å². The molecule has 2 aromatic rings. The summed E-state index contributed by atoms with van der Waals surface area (Å²) in [6, 6.07) is 2.19. The summed E-state index contributed by atoms with van der Waals surface area (Å²) in [6.45, 7) is 0. The van der Waals surface area contributed by atoms with Gasteiger partial charge in [-0.3, -0.25) is 0 Å². The average Bonchev–Trinajstić information content (AvgIpc) is 2.61. The fourth-order valence-corrected chi connectivity index (χ4v) is 2.66. The maximum atomic E-state index is 6.05. The molecule has 74 valence electrons. The molecule has 1 saturated carbocycles. The Morgan fingerprint density at radius 2 is 2.43 bits per heavy atom. The Labute approximate surface area is 86.3 Å². The SMILES string of the molecule is NC1(CCc2cc3[nH]cnc3s2)CC1. The van der Waals surface area contributed by atoms with Crippen LogP contribution in [-0.2, 0) is 6.42 Å². The quantitative estimate of drug-likeness (QED) is 0.809. The molecule has 1 aliphatic carbocycles. The Hall–Kier alpha value is -0.870. The zero-order chi connectivity index (χ0) is 9.60. The van der Waals surface area contributed by atoms with Gasteiger partial charge in [0.05, 0.1) is 11.8 Å². The molecule has 0 bridgehead atoms. The zero-order valence-electron chi connectivity index (χ0n) is 7.92. The Bertz CT molecular complexity index is 424. The number of thiophene rings is 1. The number of nitrogens with zero attached hydrogens (tertiary/aromatic N) is 1. The molecule has 2 heterocycles. The van der Waals surface area contributed by atoms with E-state index in [1.165, 1.54) is 17.7 Å². The molecular weight excluding hydrogens is 194 g/mol. The highest BCUT2D eigenvalue weighted by Crippen LogP contribution is 2.37. The van der Waals surface area contributed by atoms with Crippen LogP contribution in [0.5, 0.6) is 0 Å². The molecule has 1 fully saturated rings. The molecule has 0 radical (unpaired) electrons. The molecular formula is C10H13N3S. The lowest BCUT2D eigenvalue weighted by molar-refractivity contribution is 0.612. The highest BCUT2D eigenvalue weighted by molar-refractivity contribution is 7.18. The molecule has 3 rings (SSSR count). The second-order valence-corrected chi connectivity index (χ2v) is 5.31. The van der Waals surface area contributed by atoms with Crippen molar-refractivity contribution in [3.05, 3.63) is 17.3 Å². The first-order valence-corrected chi connectivity index (χ1v) is 5.78. The monoisotopic (exact) mass is 207 g/mol. The van der Waals surface area contributed by atoms with Crippen molar-refractivity contribution in [1.82, 2.24) is 9.97 Å². The highest BCUT2D eigenvalue weighted by atomic mass is 32.1. The van der Waals surface area contributed by atoms with E-state index in [4.69, 9.17) is 5.73 Å². The normalized spacial score (nSPS) is 18.9. The highest BCUT2D eigenvalue weighted by Gasteiger charge is 2.37. The third-order valence-electron chi connectivity index (χ3n) is 2.93. The summed E-state index contributed by atoms with van der Waals surface area (Å²) < 4.78 is 0. The number of nitrogens with two attached hydrogens (primary N) is 1. The molecule has 2 aromatic heterocycles. The molecule has 0 amide bonds. The number of imidazole rings is 1. The van der Waals surface area contributed by atoms with Crippen molar-refractivity contribution in [3.8, 4) is 0 Å². The summed E-state index contributed by atoms with van der Waals surface area (Å²) in [5.74, 6) is 0. The van der Waals surface area contributed by atoms with Gasteiger partial charge in [0, 0.05) is 10.4 Å². The van der Waals surface area contributed by atoms with Gasteiger partial charge in [0.1, 0.15) is 4.83 Å². The summed E-state index contributed by atoms with van der Waals surface area (Å²) in [5.41, 5.74) is 7.38. The van der Waals surface area contributed by atoms with Gasteiger partial charge in [0.15, 0.2) is 0 Å². The van der Waals surface area contributed by atoms with Crippen molar-refractivity contribution in [2.45, 2.75) is 31.2 Å². The molecule has 14 heavy (non-hydrogen) atoms. The first-order valence-electron chi connectivity index (χ1n) is 4.96. The summed E-state index contributed by atoms with van der Waals surface area (Å²) in [6.07, 6.45) is 6.38. The lowest BCUT2D eigenvalue weighted by Crippen LogP contribution is -2.21. The number of hydrogen-bond donors (Lipinski definition) is 2. The van der Waals surface area contributed by atoms with Gasteiger partial charge in [-0.15, -0.1) is 11.3 Å². The first kappa shape index (κ1) is 8.44. The van der Waals surface area contributed by atoms with Crippen molar-refractivity contribution >= 4 is 21.7 Å². The number of aryl methyl sites for hydroxylation is 1. The van der Waals surface area contributed by atoms with Crippen molar-refractivity contribution < 1.29 is 0 Å². The van der Waals surface area contributed by atoms with E-state index in [1.807, 2.05) is 0 Å². The number of H-pyrrole nitrogens is 1. The van der Waals surface area contributed by atoms with Gasteiger partial charge in [-0.05, 0) is 31.7 Å². The van der Waals surface area contributed by atoms with Gasteiger partial charge in [-0.1, -0.05) is 0 Å². The van der Waals surface area contributed by atoms with Crippen molar-refractivity contribution in [2.75, 3.05) is 0 Å². The number of aromatic amines is 1. The van der Waals surface area contributed by atoms with Crippen LogP contribution in [0.1, 0.15) is 24.1 Å². The number of hydrogen-bond acceptors (Lipinski definition) is 3. The Morgan fingerprint density at radius 1 is 1.57 bits per heavy atom. The zero-order valence-corrected chi connectivity index (χ0v) is 8.73. The van der Waals surface area contributed by atoms with Crippen molar-refractivity contribution in [2.24, 2.45) is 5.73 Å². The van der Waals surface area contributed by atoms with E-state index in [9.17, 15) is 0 Å². The molecule has 0 atom stereocenters. The maximum absolute atomic E-state index is 6.05. The molecule has 3 N–H and O–H groups in total. The minimum atomic E-state index is 0.172. The largest absolute Gasteiger partial charge is 0.344 e. The summed E-state index contributed by atoms with van der Waals surface area (Å²) in [5, 5.41) is 0. The fourth-order valence-electron chi connectivity index (χ4n) is 1.70. The summed E-state index contributed by atoms with van der Waals surface area (Å²) >= 11 is 1.77. The van der Waals surface area contributed by atoms with Crippen molar-refractivity contribution in [1.29, 1.82) is 0 Å². The Balaban J connectivity index is 1.75. The fraction of sp³-hybridized carbons (Fsp3) is 0.500. The standard InChI is InChI=1S/C10H13N3S/c11-10(3-4-10)2-1-7-5-8-9(14-7)13-6-12-8/h5-6H,1-4,11H2,(H,12,13). The average molecular weight is 207 g/mol. The molecule has 0 unspecified atom stereocenters. The van der Waals surface area contributed by atoms with Gasteiger partial charge in [-0.25, -0.2) is 4.98 Å². The molecule has 0 aromatic carbocycles. The van der Waals surface area contributed by atoms with Gasteiger partial charge in [0.25, 0.3) is 0 Å². The van der Waals surface area contributed by atoms with Crippen LogP contribution < -0.4 is 5.73 Å². The smallest absolute Gasteiger partial charge is 0.141 e. The lowest BCUT2D eigenvalue weighted by Gasteiger charge is -2.05. The Kier molecular flexibility index (Phi) is 1.69. The summed E-state index contributed by atoms with van der Waals surface area (Å²) in [7, 11) is 0. The van der Waals surface area contributed by atoms with Crippen LogP contribution in [0, 0.1) is 0 Å². The van der Waals surface area contributed by atoms with E-state index in [1.54, 1.807) is 17.7 Å². The van der Waals surface area contributed by atoms with Crippen LogP contribution in [0.3, 0.4) is 0 Å². The predicted octanol–water partition coefficient (Wildman–Crippen LogP) is 2.05. The van der Waals surface area contributed by atoms with Crippen LogP contribution in [0.2, 0.25) is 0 Å². The lowest BCUT2D eigenvalue weighted by atomic mass is 10.1. The second kappa shape index (κ2) is 2.81. The number of nitrogens with one attached hydrogen (secondary N) is 1. The minimum absolute atomic E-state index is 0.172. The Morgan fingerprint density at radius 3 is 3.14 bits per heavy atom. The van der Waals surface area contributed by atoms with E-state index in [2.05, 4.69) is 16.0 Å².